The third-order valence-electron chi connectivity index (χ3n) is 5.29. The predicted molar refractivity (Wildman–Crippen MR) is 111 cm³/mol. The van der Waals surface area contributed by atoms with Crippen LogP contribution < -0.4 is 4.74 Å². The molecule has 2 aromatic carbocycles. The van der Waals surface area contributed by atoms with E-state index in [4.69, 9.17) is 14.0 Å². The molecule has 33 heavy (non-hydrogen) atoms. The summed E-state index contributed by atoms with van der Waals surface area (Å²) in [6.07, 6.45) is -4.63. The van der Waals surface area contributed by atoms with Crippen molar-refractivity contribution in [1.29, 1.82) is 0 Å². The summed E-state index contributed by atoms with van der Waals surface area (Å²) in [5.41, 5.74) is 1.72. The quantitative estimate of drug-likeness (QED) is 0.406. The molecule has 3 heterocycles. The lowest BCUT2D eigenvalue weighted by atomic mass is 10.1. The molecule has 10 heteroatoms. The van der Waals surface area contributed by atoms with Crippen LogP contribution in [-0.4, -0.2) is 26.5 Å². The summed E-state index contributed by atoms with van der Waals surface area (Å²) < 4.78 is 57.6. The van der Waals surface area contributed by atoms with Gasteiger partial charge in [-0.25, -0.2) is 0 Å². The molecule has 170 valence electrons. The highest BCUT2D eigenvalue weighted by molar-refractivity contribution is 5.59. The minimum Gasteiger partial charge on any atom is -0.494 e. The Labute approximate surface area is 186 Å². The fourth-order valence-electron chi connectivity index (χ4n) is 3.66. The number of alkyl halides is 3. The lowest BCUT2D eigenvalue weighted by molar-refractivity contribution is -0.137. The van der Waals surface area contributed by atoms with Crippen molar-refractivity contribution >= 4 is 0 Å². The summed E-state index contributed by atoms with van der Waals surface area (Å²) in [7, 11) is 0. The third kappa shape index (κ3) is 4.34. The molecule has 1 aliphatic rings. The maximum atomic E-state index is 13.0. The molecule has 5 rings (SSSR count). The van der Waals surface area contributed by atoms with Crippen molar-refractivity contribution in [3.63, 3.8) is 0 Å². The van der Waals surface area contributed by atoms with Gasteiger partial charge in [-0.3, -0.25) is 4.68 Å². The van der Waals surface area contributed by atoms with Gasteiger partial charge >= 0.3 is 6.18 Å². The second-order valence-corrected chi connectivity index (χ2v) is 7.51. The first-order valence-corrected chi connectivity index (χ1v) is 10.3. The second-order valence-electron chi connectivity index (χ2n) is 7.51. The van der Waals surface area contributed by atoms with Gasteiger partial charge in [0.15, 0.2) is 5.69 Å². The van der Waals surface area contributed by atoms with E-state index in [0.717, 1.165) is 29.1 Å². The molecule has 4 aromatic rings. The van der Waals surface area contributed by atoms with Crippen LogP contribution in [-0.2, 0) is 24.1 Å². The van der Waals surface area contributed by atoms with E-state index in [1.54, 1.807) is 6.07 Å². The molecule has 1 atom stereocenters. The molecule has 0 fully saturated rings. The fourth-order valence-corrected chi connectivity index (χ4v) is 3.66. The first kappa shape index (κ1) is 21.2. The summed E-state index contributed by atoms with van der Waals surface area (Å²) in [4.78, 5) is 4.25. The van der Waals surface area contributed by atoms with Gasteiger partial charge in [0.05, 0.1) is 31.0 Å². The molecular weight excluding hydrogens is 437 g/mol. The largest absolute Gasteiger partial charge is 0.494 e. The molecule has 0 radical (unpaired) electrons. The van der Waals surface area contributed by atoms with Crippen molar-refractivity contribution < 1.29 is 27.2 Å². The van der Waals surface area contributed by atoms with Gasteiger partial charge in [-0.05, 0) is 42.8 Å². The average molecular weight is 456 g/mol. The van der Waals surface area contributed by atoms with E-state index in [2.05, 4.69) is 15.2 Å². The van der Waals surface area contributed by atoms with E-state index >= 15 is 0 Å². The number of fused-ring (bicyclic) bond motifs is 1. The normalized spacial score (nSPS) is 15.9. The number of ether oxygens (including phenoxy) is 2. The monoisotopic (exact) mass is 456 g/mol. The Kier molecular flexibility index (Phi) is 5.37. The number of nitrogens with zero attached hydrogens (tertiary/aromatic N) is 4. The van der Waals surface area contributed by atoms with Crippen LogP contribution >= 0.6 is 0 Å². The standard InChI is InChI=1S/C23H19F3N4O3/c1-2-31-18-8-6-14(7-9-18)20-12-30-17(13-32-20)11-19(28-30)22-27-21(29-33-22)15-4-3-5-16(10-15)23(24,25)26/h3-11,20H,2,12-13H2,1H3/t20-/m0/s1. The molecule has 0 bridgehead atoms. The van der Waals surface area contributed by atoms with E-state index in [-0.39, 0.29) is 23.4 Å². The first-order valence-electron chi connectivity index (χ1n) is 10.3. The Morgan fingerprint density at radius 1 is 1.12 bits per heavy atom. The van der Waals surface area contributed by atoms with Gasteiger partial charge < -0.3 is 14.0 Å². The second kappa shape index (κ2) is 8.36. The molecule has 0 unspecified atom stereocenters. The Morgan fingerprint density at radius 3 is 2.70 bits per heavy atom. The van der Waals surface area contributed by atoms with Crippen LogP contribution in [0.4, 0.5) is 13.2 Å². The number of halogens is 3. The van der Waals surface area contributed by atoms with E-state index in [0.29, 0.717) is 25.5 Å². The van der Waals surface area contributed by atoms with Gasteiger partial charge in [-0.15, -0.1) is 0 Å². The highest BCUT2D eigenvalue weighted by Gasteiger charge is 2.31. The van der Waals surface area contributed by atoms with Gasteiger partial charge in [0.1, 0.15) is 11.9 Å². The molecule has 0 saturated carbocycles. The highest BCUT2D eigenvalue weighted by Crippen LogP contribution is 2.33. The van der Waals surface area contributed by atoms with Crippen molar-refractivity contribution in [2.45, 2.75) is 32.4 Å². The van der Waals surface area contributed by atoms with Crippen molar-refractivity contribution in [2.24, 2.45) is 0 Å². The average Bonchev–Trinajstić information content (AvgIpc) is 3.46. The van der Waals surface area contributed by atoms with Crippen LogP contribution in [0, 0.1) is 0 Å². The van der Waals surface area contributed by atoms with E-state index in [9.17, 15) is 13.2 Å². The van der Waals surface area contributed by atoms with Crippen LogP contribution in [0.25, 0.3) is 23.0 Å². The Morgan fingerprint density at radius 2 is 1.94 bits per heavy atom. The van der Waals surface area contributed by atoms with Crippen LogP contribution in [0.1, 0.15) is 29.8 Å². The first-order chi connectivity index (χ1) is 15.9. The minimum atomic E-state index is -4.45. The number of rotatable bonds is 5. The molecule has 0 N–H and O–H groups in total. The molecule has 0 saturated heterocycles. The lowest BCUT2D eigenvalue weighted by Gasteiger charge is -2.24. The molecular formula is C23H19F3N4O3. The van der Waals surface area contributed by atoms with Crippen molar-refractivity contribution in [2.75, 3.05) is 6.61 Å². The van der Waals surface area contributed by atoms with E-state index in [1.807, 2.05) is 35.9 Å². The predicted octanol–water partition coefficient (Wildman–Crippen LogP) is 5.29. The molecule has 2 aromatic heterocycles. The molecule has 0 amide bonds. The van der Waals surface area contributed by atoms with Gasteiger partial charge in [0.25, 0.3) is 5.89 Å². The smallest absolute Gasteiger partial charge is 0.416 e. The van der Waals surface area contributed by atoms with Gasteiger partial charge in [-0.1, -0.05) is 29.4 Å². The number of benzene rings is 2. The highest BCUT2D eigenvalue weighted by atomic mass is 19.4. The Balaban J connectivity index is 1.35. The van der Waals surface area contributed by atoms with Crippen LogP contribution in [0.5, 0.6) is 5.75 Å². The van der Waals surface area contributed by atoms with Crippen LogP contribution in [0.15, 0.2) is 59.1 Å². The zero-order valence-corrected chi connectivity index (χ0v) is 17.5. The summed E-state index contributed by atoms with van der Waals surface area (Å²) >= 11 is 0. The maximum Gasteiger partial charge on any atom is 0.416 e. The van der Waals surface area contributed by atoms with Gasteiger partial charge in [-0.2, -0.15) is 23.3 Å². The SMILES string of the molecule is CCOc1ccc([C@@H]2Cn3nc(-c4nc(-c5cccc(C(F)(F)F)c5)no4)cc3CO2)cc1. The number of aromatic nitrogens is 4. The van der Waals surface area contributed by atoms with E-state index < -0.39 is 11.7 Å². The van der Waals surface area contributed by atoms with Gasteiger partial charge in [0, 0.05) is 5.56 Å². The molecule has 1 aliphatic heterocycles. The zero-order chi connectivity index (χ0) is 23.0. The summed E-state index contributed by atoms with van der Waals surface area (Å²) in [6, 6.07) is 14.3. The summed E-state index contributed by atoms with van der Waals surface area (Å²) in [5.74, 6) is 0.986. The van der Waals surface area contributed by atoms with Crippen LogP contribution in [0.2, 0.25) is 0 Å². The fraction of sp³-hybridized carbons (Fsp3) is 0.261. The van der Waals surface area contributed by atoms with Crippen molar-refractivity contribution in [3.8, 4) is 28.7 Å². The maximum absolute atomic E-state index is 13.0. The van der Waals surface area contributed by atoms with E-state index in [1.165, 1.54) is 12.1 Å². The lowest BCUT2D eigenvalue weighted by Crippen LogP contribution is -2.21. The van der Waals surface area contributed by atoms with Crippen molar-refractivity contribution in [3.05, 3.63) is 71.4 Å². The minimum absolute atomic E-state index is 0.0607. The molecule has 0 spiro atoms. The Hall–Kier alpha value is -3.66. The zero-order valence-electron chi connectivity index (χ0n) is 17.5. The summed E-state index contributed by atoms with van der Waals surface area (Å²) in [5, 5.41) is 8.38. The van der Waals surface area contributed by atoms with Gasteiger partial charge in [0.2, 0.25) is 5.82 Å². The topological polar surface area (TPSA) is 75.2 Å². The van der Waals surface area contributed by atoms with Crippen LogP contribution in [0.3, 0.4) is 0 Å². The molecule has 0 aliphatic carbocycles. The molecule has 7 nitrogen and oxygen atoms in total. The number of hydrogen-bond acceptors (Lipinski definition) is 6. The number of hydrogen-bond donors (Lipinski definition) is 0. The third-order valence-corrected chi connectivity index (χ3v) is 5.29. The Bertz CT molecular complexity index is 1260. The summed E-state index contributed by atoms with van der Waals surface area (Å²) in [6.45, 7) is 3.38. The van der Waals surface area contributed by atoms with Crippen molar-refractivity contribution in [1.82, 2.24) is 19.9 Å².